The lowest BCUT2D eigenvalue weighted by Gasteiger charge is -2.24. The van der Waals surface area contributed by atoms with Gasteiger partial charge >= 0.3 is 5.69 Å². The highest BCUT2D eigenvalue weighted by Crippen LogP contribution is 2.34. The zero-order valence-electron chi connectivity index (χ0n) is 18.3. The Kier molecular flexibility index (Phi) is 5.20. The van der Waals surface area contributed by atoms with Gasteiger partial charge in [-0.05, 0) is 53.4 Å². The van der Waals surface area contributed by atoms with Crippen LogP contribution in [0.5, 0.6) is 5.88 Å². The van der Waals surface area contributed by atoms with Crippen molar-refractivity contribution in [2.24, 2.45) is 0 Å². The Morgan fingerprint density at radius 2 is 1.97 bits per heavy atom. The second-order valence-corrected chi connectivity index (χ2v) is 8.54. The molecule has 3 aliphatic heterocycles. The number of fused-ring (bicyclic) bond motifs is 4. The average Bonchev–Trinajstić information content (AvgIpc) is 2.87. The maximum Gasteiger partial charge on any atom is 0.351 e. The summed E-state index contributed by atoms with van der Waals surface area (Å²) in [5.74, 6) is 0.326. The van der Waals surface area contributed by atoms with Crippen LogP contribution >= 0.6 is 0 Å². The number of hydrogen-bond donors (Lipinski definition) is 1. The first-order valence-corrected chi connectivity index (χ1v) is 11.4. The molecule has 2 aromatic carbocycles. The van der Waals surface area contributed by atoms with Crippen molar-refractivity contribution in [3.63, 3.8) is 0 Å². The summed E-state index contributed by atoms with van der Waals surface area (Å²) in [7, 11) is 0. The highest BCUT2D eigenvalue weighted by Gasteiger charge is 2.21. The van der Waals surface area contributed by atoms with E-state index in [2.05, 4.69) is 52.8 Å². The number of aryl methyl sites for hydroxylation is 1. The van der Waals surface area contributed by atoms with E-state index in [1.165, 1.54) is 22.3 Å². The Bertz CT molecular complexity index is 1290. The number of hydrogen-bond acceptors (Lipinski definition) is 6. The minimum atomic E-state index is -0.284. The summed E-state index contributed by atoms with van der Waals surface area (Å²) in [6, 6.07) is 14.9. The number of ether oxygens (including phenoxy) is 3. The quantitative estimate of drug-likeness (QED) is 0.666. The molecule has 7 heteroatoms. The Balaban J connectivity index is 1.29. The predicted molar refractivity (Wildman–Crippen MR) is 126 cm³/mol. The molecule has 1 N–H and O–H groups in total. The van der Waals surface area contributed by atoms with Crippen LogP contribution in [0.15, 0.2) is 59.5 Å². The molecule has 3 aliphatic rings. The van der Waals surface area contributed by atoms with Gasteiger partial charge in [-0.15, -0.1) is 0 Å². The molecule has 1 fully saturated rings. The van der Waals surface area contributed by atoms with E-state index in [0.717, 1.165) is 29.8 Å². The molecule has 7 nitrogen and oxygen atoms in total. The van der Waals surface area contributed by atoms with E-state index in [4.69, 9.17) is 14.2 Å². The molecular formula is C26H25N3O4. The second kappa shape index (κ2) is 8.50. The highest BCUT2D eigenvalue weighted by atomic mass is 16.6. The molecule has 1 saturated heterocycles. The molecule has 0 saturated carbocycles. The van der Waals surface area contributed by atoms with Gasteiger partial charge in [0.1, 0.15) is 12.7 Å². The van der Waals surface area contributed by atoms with Crippen molar-refractivity contribution in [3.05, 3.63) is 76.4 Å². The molecule has 3 aromatic rings. The van der Waals surface area contributed by atoms with Gasteiger partial charge in [0.05, 0.1) is 25.5 Å². The lowest BCUT2D eigenvalue weighted by atomic mass is 9.92. The molecule has 0 spiro atoms. The van der Waals surface area contributed by atoms with Crippen LogP contribution in [-0.2, 0) is 28.9 Å². The molecule has 0 amide bonds. The van der Waals surface area contributed by atoms with E-state index in [-0.39, 0.29) is 11.8 Å². The average molecular weight is 444 g/mol. The van der Waals surface area contributed by atoms with E-state index in [9.17, 15) is 4.79 Å². The van der Waals surface area contributed by atoms with Crippen molar-refractivity contribution in [1.82, 2.24) is 9.55 Å². The largest absolute Gasteiger partial charge is 0.475 e. The molecule has 0 aliphatic carbocycles. The van der Waals surface area contributed by atoms with Crippen LogP contribution in [0.1, 0.15) is 11.1 Å². The molecule has 0 radical (unpaired) electrons. The van der Waals surface area contributed by atoms with Gasteiger partial charge in [-0.1, -0.05) is 30.3 Å². The molecule has 168 valence electrons. The molecule has 0 bridgehead atoms. The number of aromatic nitrogens is 2. The zero-order chi connectivity index (χ0) is 22.2. The minimum absolute atomic E-state index is 0.142. The van der Waals surface area contributed by atoms with E-state index in [1.54, 1.807) is 4.57 Å². The van der Waals surface area contributed by atoms with Crippen molar-refractivity contribution in [2.45, 2.75) is 25.5 Å². The summed E-state index contributed by atoms with van der Waals surface area (Å²) >= 11 is 0. The van der Waals surface area contributed by atoms with Gasteiger partial charge in [0.25, 0.3) is 0 Å². The number of allylic oxidation sites excluding steroid dienone is 1. The molecule has 1 unspecified atom stereocenters. The van der Waals surface area contributed by atoms with Crippen molar-refractivity contribution < 1.29 is 14.2 Å². The molecular weight excluding hydrogens is 418 g/mol. The van der Waals surface area contributed by atoms with E-state index in [1.807, 2.05) is 12.3 Å². The van der Waals surface area contributed by atoms with Gasteiger partial charge in [0, 0.05) is 23.9 Å². The van der Waals surface area contributed by atoms with Gasteiger partial charge in [-0.2, -0.15) is 4.98 Å². The molecule has 33 heavy (non-hydrogen) atoms. The Hall–Kier alpha value is -3.42. The smallest absolute Gasteiger partial charge is 0.351 e. The van der Waals surface area contributed by atoms with Gasteiger partial charge in [0.2, 0.25) is 5.88 Å². The molecule has 6 rings (SSSR count). The van der Waals surface area contributed by atoms with Crippen LogP contribution in [0.4, 0.5) is 5.69 Å². The number of benzene rings is 2. The maximum atomic E-state index is 12.7. The van der Waals surface area contributed by atoms with Gasteiger partial charge < -0.3 is 19.5 Å². The summed E-state index contributed by atoms with van der Waals surface area (Å²) in [5, 5.41) is 3.30. The Labute approximate surface area is 191 Å². The van der Waals surface area contributed by atoms with Crippen LogP contribution in [-0.4, -0.2) is 42.1 Å². The van der Waals surface area contributed by atoms with Crippen LogP contribution in [0.3, 0.4) is 0 Å². The maximum absolute atomic E-state index is 12.7. The minimum Gasteiger partial charge on any atom is -0.475 e. The van der Waals surface area contributed by atoms with Crippen molar-refractivity contribution in [1.29, 1.82) is 0 Å². The lowest BCUT2D eigenvalue weighted by Crippen LogP contribution is -2.34. The number of nitrogens with one attached hydrogen (secondary N) is 1. The topological polar surface area (TPSA) is 74.6 Å². The first-order chi connectivity index (χ1) is 16.2. The standard InChI is InChI=1S/C26H25N3O4/c30-26-28-25(33-16-21-15-31-10-11-32-21)14-24-22-5-3-17(12-19(22)7-9-29(24)26)18-4-6-23-20(13-18)2-1-8-27-23/h1,3-6,8,12-14,21,27H,2,7,9-11,15-16H2. The molecule has 4 heterocycles. The predicted octanol–water partition coefficient (Wildman–Crippen LogP) is 3.41. The number of rotatable bonds is 4. The first-order valence-electron chi connectivity index (χ1n) is 11.4. The van der Waals surface area contributed by atoms with Crippen LogP contribution < -0.4 is 15.7 Å². The second-order valence-electron chi connectivity index (χ2n) is 8.54. The third-order valence-electron chi connectivity index (χ3n) is 6.41. The normalized spacial score (nSPS) is 18.6. The summed E-state index contributed by atoms with van der Waals surface area (Å²) in [4.78, 5) is 16.8. The first kappa shape index (κ1) is 20.2. The zero-order valence-corrected chi connectivity index (χ0v) is 18.3. The summed E-state index contributed by atoms with van der Waals surface area (Å²) in [6.07, 6.45) is 5.71. The summed E-state index contributed by atoms with van der Waals surface area (Å²) in [5.41, 5.74) is 7.68. The SMILES string of the molecule is O=c1nc(OCC2COCCO2)cc2n1CCc1cc(-c3ccc4c(c3)CC=CN4)ccc1-2. The monoisotopic (exact) mass is 443 g/mol. The fourth-order valence-corrected chi connectivity index (χ4v) is 4.69. The van der Waals surface area contributed by atoms with Gasteiger partial charge in [-0.25, -0.2) is 4.79 Å². The van der Waals surface area contributed by atoms with Crippen molar-refractivity contribution in [2.75, 3.05) is 31.7 Å². The Morgan fingerprint density at radius 3 is 2.85 bits per heavy atom. The summed E-state index contributed by atoms with van der Waals surface area (Å²) < 4.78 is 18.6. The third kappa shape index (κ3) is 3.94. The fraction of sp³-hybridized carbons (Fsp3) is 0.308. The molecule has 1 aromatic heterocycles. The van der Waals surface area contributed by atoms with Crippen molar-refractivity contribution >= 4 is 5.69 Å². The highest BCUT2D eigenvalue weighted by molar-refractivity contribution is 5.75. The number of anilines is 1. The van der Waals surface area contributed by atoms with Gasteiger partial charge in [-0.3, -0.25) is 4.57 Å². The van der Waals surface area contributed by atoms with E-state index < -0.39 is 0 Å². The third-order valence-corrected chi connectivity index (χ3v) is 6.41. The van der Waals surface area contributed by atoms with E-state index >= 15 is 0 Å². The molecule has 1 atom stereocenters. The van der Waals surface area contributed by atoms with Crippen LogP contribution in [0, 0.1) is 0 Å². The van der Waals surface area contributed by atoms with Crippen molar-refractivity contribution in [3.8, 4) is 28.3 Å². The van der Waals surface area contributed by atoms with Crippen LogP contribution in [0.2, 0.25) is 0 Å². The van der Waals surface area contributed by atoms with Gasteiger partial charge in [0.15, 0.2) is 0 Å². The fourth-order valence-electron chi connectivity index (χ4n) is 4.69. The van der Waals surface area contributed by atoms with E-state index in [0.29, 0.717) is 38.9 Å². The number of nitrogens with zero attached hydrogens (tertiary/aromatic N) is 2. The van der Waals surface area contributed by atoms with Crippen LogP contribution in [0.25, 0.3) is 22.4 Å². The lowest BCUT2D eigenvalue weighted by molar-refractivity contribution is -0.102. The summed E-state index contributed by atoms with van der Waals surface area (Å²) in [6.45, 7) is 2.57. The Morgan fingerprint density at radius 1 is 1.09 bits per heavy atom.